The zero-order valence-corrected chi connectivity index (χ0v) is 11.4. The molecule has 4 rings (SSSR count). The lowest BCUT2D eigenvalue weighted by atomic mass is 10.2. The summed E-state index contributed by atoms with van der Waals surface area (Å²) in [7, 11) is 0. The van der Waals surface area contributed by atoms with Gasteiger partial charge in [0.15, 0.2) is 4.96 Å². The highest BCUT2D eigenvalue weighted by atomic mass is 32.1. The van der Waals surface area contributed by atoms with Gasteiger partial charge in [-0.15, -0.1) is 11.3 Å². The minimum atomic E-state index is 0.827. The van der Waals surface area contributed by atoms with E-state index >= 15 is 0 Å². The average Bonchev–Trinajstić information content (AvgIpc) is 3.04. The largest absolute Gasteiger partial charge is 0.339 e. The summed E-state index contributed by atoms with van der Waals surface area (Å²) in [5.74, 6) is 0. The van der Waals surface area contributed by atoms with Crippen molar-refractivity contribution in [3.63, 3.8) is 0 Å². The van der Waals surface area contributed by atoms with Gasteiger partial charge in [0.1, 0.15) is 0 Å². The molecule has 0 N–H and O–H groups in total. The molecule has 0 aliphatic rings. The van der Waals surface area contributed by atoms with Crippen molar-refractivity contribution >= 4 is 27.2 Å². The van der Waals surface area contributed by atoms with Crippen molar-refractivity contribution in [2.24, 2.45) is 0 Å². The van der Waals surface area contributed by atoms with E-state index in [9.17, 15) is 0 Å². The Kier molecular flexibility index (Phi) is 2.26. The van der Waals surface area contributed by atoms with Gasteiger partial charge < -0.3 is 4.57 Å². The quantitative estimate of drug-likeness (QED) is 0.543. The number of para-hydroxylation sites is 1. The molecule has 3 heterocycles. The van der Waals surface area contributed by atoms with Crippen LogP contribution < -0.4 is 0 Å². The van der Waals surface area contributed by atoms with E-state index in [0.29, 0.717) is 0 Å². The van der Waals surface area contributed by atoms with Crippen molar-refractivity contribution < 1.29 is 0 Å². The summed E-state index contributed by atoms with van der Waals surface area (Å²) >= 11 is 1.67. The Labute approximate surface area is 114 Å². The van der Waals surface area contributed by atoms with E-state index in [1.54, 1.807) is 11.3 Å². The second kappa shape index (κ2) is 3.96. The highest BCUT2D eigenvalue weighted by molar-refractivity contribution is 7.15. The third-order valence-corrected chi connectivity index (χ3v) is 4.25. The van der Waals surface area contributed by atoms with E-state index in [-0.39, 0.29) is 0 Å². The normalized spacial score (nSPS) is 11.6. The number of fused-ring (bicyclic) bond motifs is 2. The highest BCUT2D eigenvalue weighted by Crippen LogP contribution is 2.21. The first-order valence-electron chi connectivity index (χ1n) is 6.27. The Balaban J connectivity index is 1.82. The minimum Gasteiger partial charge on any atom is -0.339 e. The monoisotopic (exact) mass is 267 g/mol. The van der Waals surface area contributed by atoms with Crippen molar-refractivity contribution in [3.8, 4) is 0 Å². The number of aryl methyl sites for hydroxylation is 1. The van der Waals surface area contributed by atoms with Gasteiger partial charge in [0.05, 0.1) is 12.2 Å². The Morgan fingerprint density at radius 3 is 3.05 bits per heavy atom. The predicted molar refractivity (Wildman–Crippen MR) is 78.8 cm³/mol. The van der Waals surface area contributed by atoms with Crippen LogP contribution in [0.5, 0.6) is 0 Å². The first-order chi connectivity index (χ1) is 9.31. The van der Waals surface area contributed by atoms with Crippen LogP contribution in [-0.4, -0.2) is 14.0 Å². The van der Waals surface area contributed by atoms with Crippen molar-refractivity contribution in [3.05, 3.63) is 59.5 Å². The summed E-state index contributed by atoms with van der Waals surface area (Å²) in [5.41, 5.74) is 3.66. The highest BCUT2D eigenvalue weighted by Gasteiger charge is 2.08. The molecule has 0 fully saturated rings. The molecule has 1 aromatic carbocycles. The van der Waals surface area contributed by atoms with Crippen LogP contribution in [0.4, 0.5) is 0 Å². The van der Waals surface area contributed by atoms with Gasteiger partial charge in [-0.25, -0.2) is 4.98 Å². The van der Waals surface area contributed by atoms with Crippen LogP contribution in [0.2, 0.25) is 0 Å². The van der Waals surface area contributed by atoms with Gasteiger partial charge in [0, 0.05) is 29.0 Å². The van der Waals surface area contributed by atoms with Crippen LogP contribution >= 0.6 is 11.3 Å². The maximum Gasteiger partial charge on any atom is 0.193 e. The van der Waals surface area contributed by atoms with Gasteiger partial charge in [-0.3, -0.25) is 4.40 Å². The van der Waals surface area contributed by atoms with E-state index < -0.39 is 0 Å². The summed E-state index contributed by atoms with van der Waals surface area (Å²) in [5, 5.41) is 3.35. The molecule has 3 aromatic heterocycles. The van der Waals surface area contributed by atoms with E-state index in [4.69, 9.17) is 0 Å². The molecule has 0 saturated carbocycles. The molecule has 3 nitrogen and oxygen atoms in total. The van der Waals surface area contributed by atoms with Crippen molar-refractivity contribution in [1.82, 2.24) is 14.0 Å². The number of imidazole rings is 1. The minimum absolute atomic E-state index is 0.827. The smallest absolute Gasteiger partial charge is 0.193 e. The van der Waals surface area contributed by atoms with E-state index in [2.05, 4.69) is 69.0 Å². The number of hydrogen-bond acceptors (Lipinski definition) is 2. The van der Waals surface area contributed by atoms with Crippen molar-refractivity contribution in [2.45, 2.75) is 13.5 Å². The molecular formula is C15H13N3S. The molecule has 0 bridgehead atoms. The molecule has 0 unspecified atom stereocenters. The van der Waals surface area contributed by atoms with Gasteiger partial charge >= 0.3 is 0 Å². The first kappa shape index (κ1) is 10.8. The van der Waals surface area contributed by atoms with Crippen molar-refractivity contribution in [1.29, 1.82) is 0 Å². The Morgan fingerprint density at radius 2 is 2.16 bits per heavy atom. The molecule has 0 saturated heterocycles. The number of benzene rings is 1. The number of nitrogens with zero attached hydrogens (tertiary/aromatic N) is 3. The molecule has 4 heteroatoms. The van der Waals surface area contributed by atoms with Crippen LogP contribution in [0.25, 0.3) is 15.9 Å². The molecule has 94 valence electrons. The number of hydrogen-bond donors (Lipinski definition) is 0. The Hall–Kier alpha value is -2.07. The zero-order valence-electron chi connectivity index (χ0n) is 10.6. The van der Waals surface area contributed by atoms with Crippen LogP contribution in [0.3, 0.4) is 0 Å². The molecular weight excluding hydrogens is 254 g/mol. The molecule has 0 spiro atoms. The van der Waals surface area contributed by atoms with E-state index in [0.717, 1.165) is 17.2 Å². The average molecular weight is 267 g/mol. The standard InChI is InChI=1S/C15H13N3S/c1-11-8-12-4-2-3-5-14(12)18(11)10-13-9-17-6-7-19-15(17)16-13/h2-9H,10H2,1H3. The van der Waals surface area contributed by atoms with Gasteiger partial charge in [0.25, 0.3) is 0 Å². The van der Waals surface area contributed by atoms with Crippen molar-refractivity contribution in [2.75, 3.05) is 0 Å². The van der Waals surface area contributed by atoms with E-state index in [1.165, 1.54) is 16.6 Å². The molecule has 0 radical (unpaired) electrons. The fraction of sp³-hybridized carbons (Fsp3) is 0.133. The topological polar surface area (TPSA) is 22.2 Å². The lowest BCUT2D eigenvalue weighted by Crippen LogP contribution is -2.01. The fourth-order valence-corrected chi connectivity index (χ4v) is 3.29. The molecule has 0 atom stereocenters. The molecule has 4 aromatic rings. The Morgan fingerprint density at radius 1 is 1.26 bits per heavy atom. The van der Waals surface area contributed by atoms with E-state index in [1.807, 2.05) is 0 Å². The van der Waals surface area contributed by atoms with Gasteiger partial charge in [-0.1, -0.05) is 18.2 Å². The molecule has 0 aliphatic carbocycles. The number of aromatic nitrogens is 3. The zero-order chi connectivity index (χ0) is 12.8. The maximum absolute atomic E-state index is 4.66. The van der Waals surface area contributed by atoms with Crippen LogP contribution in [0.15, 0.2) is 48.1 Å². The lowest BCUT2D eigenvalue weighted by molar-refractivity contribution is 0.787. The summed E-state index contributed by atoms with van der Waals surface area (Å²) in [4.78, 5) is 5.72. The molecule has 0 amide bonds. The number of rotatable bonds is 2. The summed E-state index contributed by atoms with van der Waals surface area (Å²) < 4.78 is 4.41. The first-order valence-corrected chi connectivity index (χ1v) is 7.15. The van der Waals surface area contributed by atoms with Crippen LogP contribution in [0.1, 0.15) is 11.4 Å². The van der Waals surface area contributed by atoms with Gasteiger partial charge in [0.2, 0.25) is 0 Å². The van der Waals surface area contributed by atoms with Gasteiger partial charge in [-0.05, 0) is 24.4 Å². The summed E-state index contributed by atoms with van der Waals surface area (Å²) in [6.45, 7) is 2.98. The van der Waals surface area contributed by atoms with Gasteiger partial charge in [-0.2, -0.15) is 0 Å². The second-order valence-electron chi connectivity index (χ2n) is 4.76. The number of thiazole rings is 1. The fourth-order valence-electron chi connectivity index (χ4n) is 2.57. The van der Waals surface area contributed by atoms with Crippen LogP contribution in [-0.2, 0) is 6.54 Å². The third kappa shape index (κ3) is 1.68. The predicted octanol–water partition coefficient (Wildman–Crippen LogP) is 3.71. The summed E-state index contributed by atoms with van der Waals surface area (Å²) in [6.07, 6.45) is 4.16. The second-order valence-corrected chi connectivity index (χ2v) is 5.63. The molecule has 19 heavy (non-hydrogen) atoms. The summed E-state index contributed by atoms with van der Waals surface area (Å²) in [6, 6.07) is 10.7. The Bertz CT molecular complexity index is 837. The maximum atomic E-state index is 4.66. The lowest BCUT2D eigenvalue weighted by Gasteiger charge is -2.05. The van der Waals surface area contributed by atoms with Crippen LogP contribution in [0, 0.1) is 6.92 Å². The third-order valence-electron chi connectivity index (χ3n) is 3.48. The SMILES string of the molecule is Cc1cc2ccccc2n1Cc1cn2ccsc2n1. The molecule has 0 aliphatic heterocycles.